The van der Waals surface area contributed by atoms with Crippen LogP contribution in [0.25, 0.3) is 11.5 Å². The minimum atomic E-state index is -0.439. The first-order valence-corrected chi connectivity index (χ1v) is 5.87. The molecule has 0 spiro atoms. The maximum Gasteiger partial charge on any atom is 0.341 e. The summed E-state index contributed by atoms with van der Waals surface area (Å²) in [5, 5.41) is 5.59. The zero-order valence-corrected chi connectivity index (χ0v) is 11.2. The molecule has 8 heteroatoms. The molecule has 98 valence electrons. The predicted octanol–water partition coefficient (Wildman–Crippen LogP) is 1.86. The van der Waals surface area contributed by atoms with E-state index >= 15 is 0 Å². The molecule has 0 aliphatic rings. The summed E-state index contributed by atoms with van der Waals surface area (Å²) in [7, 11) is 0. The van der Waals surface area contributed by atoms with E-state index in [9.17, 15) is 4.79 Å². The van der Waals surface area contributed by atoms with E-state index < -0.39 is 5.97 Å². The summed E-state index contributed by atoms with van der Waals surface area (Å²) >= 11 is 1.21. The maximum absolute atomic E-state index is 11.6. The number of esters is 1. The molecular formula is C10H12ClN3O3S. The Kier molecular flexibility index (Phi) is 5.26. The highest BCUT2D eigenvalue weighted by Gasteiger charge is 2.19. The van der Waals surface area contributed by atoms with Gasteiger partial charge in [0, 0.05) is 11.4 Å². The van der Waals surface area contributed by atoms with Crippen molar-refractivity contribution in [3.8, 4) is 11.5 Å². The van der Waals surface area contributed by atoms with Gasteiger partial charge in [-0.15, -0.1) is 17.5 Å². The van der Waals surface area contributed by atoms with Gasteiger partial charge in [0.05, 0.1) is 13.2 Å². The van der Waals surface area contributed by atoms with E-state index in [1.54, 1.807) is 18.4 Å². The largest absolute Gasteiger partial charge is 0.462 e. The molecule has 2 heterocycles. The number of carbonyl (C=O) groups is 1. The van der Waals surface area contributed by atoms with Crippen LogP contribution in [0, 0.1) is 0 Å². The van der Waals surface area contributed by atoms with Crippen LogP contribution in [0.5, 0.6) is 0 Å². The van der Waals surface area contributed by atoms with Crippen LogP contribution in [0.15, 0.2) is 15.9 Å². The normalized spacial score (nSPS) is 9.89. The highest BCUT2D eigenvalue weighted by molar-refractivity contribution is 7.03. The molecule has 2 rings (SSSR count). The Balaban J connectivity index is 0.00000162. The number of furan rings is 1. The van der Waals surface area contributed by atoms with Crippen LogP contribution in [-0.4, -0.2) is 22.2 Å². The molecule has 6 nitrogen and oxygen atoms in total. The average Bonchev–Trinajstić information content (AvgIpc) is 2.97. The molecule has 2 N–H and O–H groups in total. The van der Waals surface area contributed by atoms with Gasteiger partial charge in [0.1, 0.15) is 17.0 Å². The Morgan fingerprint density at radius 3 is 2.94 bits per heavy atom. The molecule has 0 amide bonds. The van der Waals surface area contributed by atoms with Gasteiger partial charge in [0.15, 0.2) is 5.76 Å². The summed E-state index contributed by atoms with van der Waals surface area (Å²) < 4.78 is 14.1. The first-order valence-electron chi connectivity index (χ1n) is 5.03. The lowest BCUT2D eigenvalue weighted by atomic mass is 10.2. The number of rotatable bonds is 4. The fraction of sp³-hybridized carbons (Fsp3) is 0.300. The average molecular weight is 290 g/mol. The third-order valence-corrected chi connectivity index (χ3v) is 2.61. The maximum atomic E-state index is 11.6. The Bertz CT molecular complexity index is 512. The summed E-state index contributed by atoms with van der Waals surface area (Å²) in [5.74, 6) is 0.430. The summed E-state index contributed by atoms with van der Waals surface area (Å²) in [5.41, 5.74) is 6.44. The van der Waals surface area contributed by atoms with Crippen LogP contribution in [0.2, 0.25) is 0 Å². The van der Waals surface area contributed by atoms with Gasteiger partial charge in [-0.1, -0.05) is 4.49 Å². The van der Waals surface area contributed by atoms with Crippen molar-refractivity contribution in [3.63, 3.8) is 0 Å². The number of hydrogen-bond donors (Lipinski definition) is 1. The molecule has 0 aliphatic heterocycles. The van der Waals surface area contributed by atoms with Crippen molar-refractivity contribution in [3.05, 3.63) is 22.8 Å². The Morgan fingerprint density at radius 2 is 2.39 bits per heavy atom. The van der Waals surface area contributed by atoms with Gasteiger partial charge in [-0.25, -0.2) is 4.79 Å². The highest BCUT2D eigenvalue weighted by atomic mass is 35.5. The van der Waals surface area contributed by atoms with Crippen LogP contribution in [0.1, 0.15) is 23.0 Å². The van der Waals surface area contributed by atoms with Crippen molar-refractivity contribution >= 4 is 29.9 Å². The van der Waals surface area contributed by atoms with Gasteiger partial charge >= 0.3 is 5.97 Å². The van der Waals surface area contributed by atoms with E-state index in [1.165, 1.54) is 11.5 Å². The van der Waals surface area contributed by atoms with E-state index in [1.807, 2.05) is 0 Å². The summed E-state index contributed by atoms with van der Waals surface area (Å²) in [6, 6.07) is 1.58. The van der Waals surface area contributed by atoms with E-state index in [0.29, 0.717) is 29.4 Å². The molecule has 0 unspecified atom stereocenters. The molecule has 0 bridgehead atoms. The highest BCUT2D eigenvalue weighted by Crippen LogP contribution is 2.25. The molecule has 0 atom stereocenters. The predicted molar refractivity (Wildman–Crippen MR) is 68.7 cm³/mol. The van der Waals surface area contributed by atoms with Crippen LogP contribution in [0.3, 0.4) is 0 Å². The standard InChI is InChI=1S/C10H11N3O3S.ClH/c1-2-15-10(14)6-3-8(16-9(6)4-11)7-5-17-13-12-7;/h3,5H,2,4,11H2,1H3;1H. The summed E-state index contributed by atoms with van der Waals surface area (Å²) in [4.78, 5) is 11.6. The lowest BCUT2D eigenvalue weighted by molar-refractivity contribution is 0.0524. The van der Waals surface area contributed by atoms with Gasteiger partial charge in [0.25, 0.3) is 0 Å². The van der Waals surface area contributed by atoms with E-state index in [-0.39, 0.29) is 19.0 Å². The molecule has 0 radical (unpaired) electrons. The lowest BCUT2D eigenvalue weighted by Crippen LogP contribution is -2.08. The molecule has 18 heavy (non-hydrogen) atoms. The van der Waals surface area contributed by atoms with Crippen molar-refractivity contribution < 1.29 is 13.9 Å². The number of carbonyl (C=O) groups excluding carboxylic acids is 1. The molecule has 0 aromatic carbocycles. The van der Waals surface area contributed by atoms with Crippen LogP contribution in [-0.2, 0) is 11.3 Å². The van der Waals surface area contributed by atoms with Crippen molar-refractivity contribution in [2.75, 3.05) is 6.61 Å². The summed E-state index contributed by atoms with van der Waals surface area (Å²) in [6.07, 6.45) is 0. The van der Waals surface area contributed by atoms with Crippen molar-refractivity contribution in [2.45, 2.75) is 13.5 Å². The Labute approximate surface area is 114 Å². The third-order valence-electron chi connectivity index (χ3n) is 2.10. The van der Waals surface area contributed by atoms with Gasteiger partial charge in [0.2, 0.25) is 0 Å². The molecule has 2 aromatic rings. The Hall–Kier alpha value is -1.44. The van der Waals surface area contributed by atoms with Crippen molar-refractivity contribution in [2.24, 2.45) is 5.73 Å². The smallest absolute Gasteiger partial charge is 0.341 e. The minimum Gasteiger partial charge on any atom is -0.462 e. The van der Waals surface area contributed by atoms with E-state index in [4.69, 9.17) is 14.9 Å². The minimum absolute atomic E-state index is 0. The molecule has 0 aliphatic carbocycles. The summed E-state index contributed by atoms with van der Waals surface area (Å²) in [6.45, 7) is 2.18. The number of halogens is 1. The van der Waals surface area contributed by atoms with Crippen LogP contribution >= 0.6 is 23.9 Å². The zero-order valence-electron chi connectivity index (χ0n) is 9.58. The quantitative estimate of drug-likeness (QED) is 0.864. The van der Waals surface area contributed by atoms with Crippen molar-refractivity contribution in [1.29, 1.82) is 0 Å². The second-order valence-corrected chi connectivity index (χ2v) is 3.77. The topological polar surface area (TPSA) is 91.2 Å². The monoisotopic (exact) mass is 289 g/mol. The lowest BCUT2D eigenvalue weighted by Gasteiger charge is -1.99. The number of hydrogen-bond acceptors (Lipinski definition) is 7. The van der Waals surface area contributed by atoms with Crippen LogP contribution in [0.4, 0.5) is 0 Å². The molecule has 0 fully saturated rings. The van der Waals surface area contributed by atoms with Crippen LogP contribution < -0.4 is 5.73 Å². The number of nitrogens with zero attached hydrogens (tertiary/aromatic N) is 2. The van der Waals surface area contributed by atoms with E-state index in [0.717, 1.165) is 0 Å². The second-order valence-electron chi connectivity index (χ2n) is 3.16. The first kappa shape index (κ1) is 14.6. The first-order chi connectivity index (χ1) is 8.26. The molecule has 0 saturated heterocycles. The fourth-order valence-electron chi connectivity index (χ4n) is 1.36. The van der Waals surface area contributed by atoms with Gasteiger partial charge < -0.3 is 14.9 Å². The van der Waals surface area contributed by atoms with E-state index in [2.05, 4.69) is 9.59 Å². The van der Waals surface area contributed by atoms with Gasteiger partial charge in [-0.05, 0) is 18.5 Å². The van der Waals surface area contributed by atoms with Gasteiger partial charge in [-0.3, -0.25) is 0 Å². The number of ether oxygens (including phenoxy) is 1. The zero-order chi connectivity index (χ0) is 12.3. The molecular weight excluding hydrogens is 278 g/mol. The number of aromatic nitrogens is 2. The van der Waals surface area contributed by atoms with Gasteiger partial charge in [-0.2, -0.15) is 0 Å². The molecule has 0 saturated carbocycles. The third kappa shape index (κ3) is 2.87. The van der Waals surface area contributed by atoms with Crippen molar-refractivity contribution in [1.82, 2.24) is 9.59 Å². The Morgan fingerprint density at radius 1 is 1.61 bits per heavy atom. The molecule has 2 aromatic heterocycles. The number of nitrogens with two attached hydrogens (primary N) is 1. The second kappa shape index (κ2) is 6.48. The SMILES string of the molecule is CCOC(=O)c1cc(-c2csnn2)oc1CN.Cl. The fourth-order valence-corrected chi connectivity index (χ4v) is 1.81.